The lowest BCUT2D eigenvalue weighted by molar-refractivity contribution is -0.126. The first-order valence-corrected chi connectivity index (χ1v) is 11.4. The molecule has 1 heterocycles. The van der Waals surface area contributed by atoms with Gasteiger partial charge in [-0.25, -0.2) is 12.8 Å². The second-order valence-electron chi connectivity index (χ2n) is 7.26. The van der Waals surface area contributed by atoms with E-state index in [0.29, 0.717) is 17.9 Å². The zero-order chi connectivity index (χ0) is 21.9. The SMILES string of the molecule is COc1ccc(F)cc1S(=O)(=O)N1CCC(C(=O)N[C@H](C)c2ccc(Cl)cc2)CC1. The van der Waals surface area contributed by atoms with Crippen molar-refractivity contribution in [1.82, 2.24) is 9.62 Å². The highest BCUT2D eigenvalue weighted by atomic mass is 35.5. The molecule has 9 heteroatoms. The number of rotatable bonds is 6. The molecule has 0 spiro atoms. The summed E-state index contributed by atoms with van der Waals surface area (Å²) in [5.74, 6) is -0.966. The molecule has 162 valence electrons. The Hall–Kier alpha value is -2.16. The van der Waals surface area contributed by atoms with Gasteiger partial charge < -0.3 is 10.1 Å². The molecule has 30 heavy (non-hydrogen) atoms. The molecule has 1 amide bonds. The molecule has 1 fully saturated rings. The number of methoxy groups -OCH3 is 1. The van der Waals surface area contributed by atoms with E-state index in [1.807, 2.05) is 19.1 Å². The van der Waals surface area contributed by atoms with Gasteiger partial charge in [0.2, 0.25) is 15.9 Å². The number of benzene rings is 2. The van der Waals surface area contributed by atoms with Crippen LogP contribution in [0.3, 0.4) is 0 Å². The number of hydrogen-bond donors (Lipinski definition) is 1. The van der Waals surface area contributed by atoms with Crippen LogP contribution in [-0.4, -0.2) is 38.8 Å². The van der Waals surface area contributed by atoms with Crippen molar-refractivity contribution in [2.45, 2.75) is 30.7 Å². The van der Waals surface area contributed by atoms with E-state index in [1.165, 1.54) is 17.5 Å². The van der Waals surface area contributed by atoms with Crippen LogP contribution >= 0.6 is 11.6 Å². The number of amides is 1. The van der Waals surface area contributed by atoms with Crippen molar-refractivity contribution in [3.05, 3.63) is 58.9 Å². The zero-order valence-electron chi connectivity index (χ0n) is 16.8. The molecule has 1 saturated heterocycles. The van der Waals surface area contributed by atoms with Gasteiger partial charge in [0.25, 0.3) is 0 Å². The predicted molar refractivity (Wildman–Crippen MR) is 112 cm³/mol. The number of nitrogens with one attached hydrogen (secondary N) is 1. The molecule has 2 aromatic carbocycles. The molecule has 1 atom stereocenters. The third kappa shape index (κ3) is 4.94. The van der Waals surface area contributed by atoms with Gasteiger partial charge >= 0.3 is 0 Å². The van der Waals surface area contributed by atoms with Crippen LogP contribution in [0.25, 0.3) is 0 Å². The maximum absolute atomic E-state index is 13.6. The van der Waals surface area contributed by atoms with Crippen LogP contribution in [0.2, 0.25) is 5.02 Å². The summed E-state index contributed by atoms with van der Waals surface area (Å²) in [7, 11) is -2.58. The van der Waals surface area contributed by atoms with Crippen molar-refractivity contribution in [3.8, 4) is 5.75 Å². The molecular weight excluding hydrogens is 431 g/mol. The first-order chi connectivity index (χ1) is 14.2. The summed E-state index contributed by atoms with van der Waals surface area (Å²) in [5, 5.41) is 3.60. The molecule has 0 aliphatic carbocycles. The third-order valence-electron chi connectivity index (χ3n) is 5.30. The molecule has 1 N–H and O–H groups in total. The van der Waals surface area contributed by atoms with Crippen LogP contribution in [0.1, 0.15) is 31.4 Å². The van der Waals surface area contributed by atoms with E-state index in [1.54, 1.807) is 12.1 Å². The van der Waals surface area contributed by atoms with Gasteiger partial charge in [-0.3, -0.25) is 4.79 Å². The first-order valence-electron chi connectivity index (χ1n) is 9.62. The van der Waals surface area contributed by atoms with Gasteiger partial charge in [-0.2, -0.15) is 4.31 Å². The Morgan fingerprint density at radius 3 is 2.43 bits per heavy atom. The molecule has 0 unspecified atom stereocenters. The number of sulfonamides is 1. The standard InChI is InChI=1S/C21H24ClFN2O4S/c1-14(15-3-5-17(22)6-4-15)24-21(26)16-9-11-25(12-10-16)30(27,28)20-13-18(23)7-8-19(20)29-2/h3-8,13-14,16H,9-12H2,1-2H3,(H,24,26)/t14-/m1/s1. The minimum atomic E-state index is -3.92. The number of nitrogens with zero attached hydrogens (tertiary/aromatic N) is 1. The van der Waals surface area contributed by atoms with Gasteiger partial charge in [-0.15, -0.1) is 0 Å². The molecule has 1 aliphatic heterocycles. The first kappa shape index (κ1) is 22.5. The summed E-state index contributed by atoms with van der Waals surface area (Å²) < 4.78 is 45.9. The maximum atomic E-state index is 13.6. The van der Waals surface area contributed by atoms with Gasteiger partial charge in [0, 0.05) is 24.0 Å². The number of piperidine rings is 1. The van der Waals surface area contributed by atoms with E-state index in [9.17, 15) is 17.6 Å². The van der Waals surface area contributed by atoms with Crippen LogP contribution in [0.4, 0.5) is 4.39 Å². The fourth-order valence-electron chi connectivity index (χ4n) is 3.52. The molecule has 2 aromatic rings. The Labute approximate surface area is 181 Å². The maximum Gasteiger partial charge on any atom is 0.246 e. The average molecular weight is 455 g/mol. The molecule has 0 radical (unpaired) electrons. The molecule has 1 aliphatic rings. The van der Waals surface area contributed by atoms with Crippen molar-refractivity contribution in [2.75, 3.05) is 20.2 Å². The van der Waals surface area contributed by atoms with Crippen LogP contribution in [0.5, 0.6) is 5.75 Å². The summed E-state index contributed by atoms with van der Waals surface area (Å²) in [6.45, 7) is 2.24. The number of ether oxygens (including phenoxy) is 1. The van der Waals surface area contributed by atoms with Crippen molar-refractivity contribution in [2.24, 2.45) is 5.92 Å². The Morgan fingerprint density at radius 1 is 1.20 bits per heavy atom. The summed E-state index contributed by atoms with van der Waals surface area (Å²) >= 11 is 5.90. The van der Waals surface area contributed by atoms with Crippen molar-refractivity contribution >= 4 is 27.5 Å². The topological polar surface area (TPSA) is 75.7 Å². The minimum absolute atomic E-state index is 0.0908. The fourth-order valence-corrected chi connectivity index (χ4v) is 5.28. The Bertz CT molecular complexity index is 1010. The van der Waals surface area contributed by atoms with Crippen LogP contribution in [-0.2, 0) is 14.8 Å². The van der Waals surface area contributed by atoms with Gasteiger partial charge in [0.1, 0.15) is 16.5 Å². The molecule has 0 aromatic heterocycles. The lowest BCUT2D eigenvalue weighted by Gasteiger charge is -2.31. The third-order valence-corrected chi connectivity index (χ3v) is 7.47. The number of carbonyl (C=O) groups is 1. The predicted octanol–water partition coefficient (Wildman–Crippen LogP) is 3.77. The summed E-state index contributed by atoms with van der Waals surface area (Å²) in [6.07, 6.45) is 0.770. The van der Waals surface area contributed by atoms with Crippen LogP contribution in [0.15, 0.2) is 47.4 Å². The van der Waals surface area contributed by atoms with Gasteiger partial charge in [-0.05, 0) is 55.7 Å². The lowest BCUT2D eigenvalue weighted by Crippen LogP contribution is -2.43. The summed E-state index contributed by atoms with van der Waals surface area (Å²) in [4.78, 5) is 12.4. The highest BCUT2D eigenvalue weighted by molar-refractivity contribution is 7.89. The molecule has 6 nitrogen and oxygen atoms in total. The highest BCUT2D eigenvalue weighted by Crippen LogP contribution is 2.30. The van der Waals surface area contributed by atoms with E-state index in [0.717, 1.165) is 17.7 Å². The van der Waals surface area contributed by atoms with E-state index in [-0.39, 0.29) is 41.6 Å². The Morgan fingerprint density at radius 2 is 1.83 bits per heavy atom. The van der Waals surface area contributed by atoms with E-state index in [4.69, 9.17) is 16.3 Å². The van der Waals surface area contributed by atoms with Crippen molar-refractivity contribution < 1.29 is 22.3 Å². The summed E-state index contributed by atoms with van der Waals surface area (Å²) in [5.41, 5.74) is 0.936. The largest absolute Gasteiger partial charge is 0.495 e. The summed E-state index contributed by atoms with van der Waals surface area (Å²) in [6, 6.07) is 10.5. The monoisotopic (exact) mass is 454 g/mol. The molecule has 3 rings (SSSR count). The average Bonchev–Trinajstić information content (AvgIpc) is 2.74. The van der Waals surface area contributed by atoms with Gasteiger partial charge in [-0.1, -0.05) is 23.7 Å². The van der Waals surface area contributed by atoms with Crippen LogP contribution < -0.4 is 10.1 Å². The second kappa shape index (κ2) is 9.32. The number of halogens is 2. The molecular formula is C21H24ClFN2O4S. The van der Waals surface area contributed by atoms with Gasteiger partial charge in [0.15, 0.2) is 0 Å². The normalized spacial score (nSPS) is 16.8. The zero-order valence-corrected chi connectivity index (χ0v) is 18.3. The number of carbonyl (C=O) groups excluding carboxylic acids is 1. The lowest BCUT2D eigenvalue weighted by atomic mass is 9.96. The molecule has 0 saturated carbocycles. The second-order valence-corrected chi connectivity index (χ2v) is 9.60. The quantitative estimate of drug-likeness (QED) is 0.721. The van der Waals surface area contributed by atoms with Crippen LogP contribution in [0, 0.1) is 11.7 Å². The van der Waals surface area contributed by atoms with E-state index < -0.39 is 15.8 Å². The highest BCUT2D eigenvalue weighted by Gasteiger charge is 2.34. The molecule has 0 bridgehead atoms. The number of hydrogen-bond acceptors (Lipinski definition) is 4. The van der Waals surface area contributed by atoms with E-state index in [2.05, 4.69) is 5.32 Å². The van der Waals surface area contributed by atoms with Gasteiger partial charge in [0.05, 0.1) is 13.2 Å². The van der Waals surface area contributed by atoms with E-state index >= 15 is 0 Å². The minimum Gasteiger partial charge on any atom is -0.495 e. The Kier molecular flexibility index (Phi) is 7.00. The van der Waals surface area contributed by atoms with Crippen molar-refractivity contribution in [3.63, 3.8) is 0 Å². The smallest absolute Gasteiger partial charge is 0.246 e. The fraction of sp³-hybridized carbons (Fsp3) is 0.381. The Balaban J connectivity index is 1.63. The van der Waals surface area contributed by atoms with Crippen molar-refractivity contribution in [1.29, 1.82) is 0 Å².